The Labute approximate surface area is 104 Å². The van der Waals surface area contributed by atoms with Crippen LogP contribution in [0, 0.1) is 0 Å². The van der Waals surface area contributed by atoms with Crippen LogP contribution in [0.5, 0.6) is 0 Å². The smallest absolute Gasteiger partial charge is 0.168 e. The standard InChI is InChI=1S/C14H11N3O/c18-10-8-12-7-4-9-17-13(15-16-14(12)17)11-5-2-1-3-6-11/h1-7,9-10H,8H2. The number of benzene rings is 1. The lowest BCUT2D eigenvalue weighted by Crippen LogP contribution is -1.94. The van der Waals surface area contributed by atoms with E-state index in [1.165, 1.54) is 0 Å². The molecule has 1 aromatic carbocycles. The summed E-state index contributed by atoms with van der Waals surface area (Å²) in [5.41, 5.74) is 2.64. The fourth-order valence-corrected chi connectivity index (χ4v) is 2.00. The second-order valence-electron chi connectivity index (χ2n) is 3.99. The first-order valence-electron chi connectivity index (χ1n) is 5.72. The number of hydrogen-bond acceptors (Lipinski definition) is 3. The fourth-order valence-electron chi connectivity index (χ4n) is 2.00. The van der Waals surface area contributed by atoms with Crippen molar-refractivity contribution in [3.63, 3.8) is 0 Å². The number of carbonyl (C=O) groups is 1. The molecule has 2 aromatic heterocycles. The van der Waals surface area contributed by atoms with Gasteiger partial charge >= 0.3 is 0 Å². The molecule has 0 fully saturated rings. The quantitative estimate of drug-likeness (QED) is 0.656. The largest absolute Gasteiger partial charge is 0.303 e. The monoisotopic (exact) mass is 237 g/mol. The number of pyridine rings is 1. The Morgan fingerprint density at radius 2 is 1.89 bits per heavy atom. The highest BCUT2D eigenvalue weighted by atomic mass is 16.1. The summed E-state index contributed by atoms with van der Waals surface area (Å²) in [6.07, 6.45) is 3.15. The molecule has 0 aliphatic carbocycles. The van der Waals surface area contributed by atoms with Gasteiger partial charge in [-0.3, -0.25) is 4.40 Å². The lowest BCUT2D eigenvalue weighted by Gasteiger charge is -2.01. The van der Waals surface area contributed by atoms with Gasteiger partial charge in [-0.05, 0) is 6.07 Å². The van der Waals surface area contributed by atoms with Crippen LogP contribution in [0.25, 0.3) is 17.0 Å². The molecule has 0 amide bonds. The summed E-state index contributed by atoms with van der Waals surface area (Å²) in [5, 5.41) is 8.37. The summed E-state index contributed by atoms with van der Waals surface area (Å²) in [4.78, 5) is 10.6. The number of aromatic nitrogens is 3. The zero-order valence-corrected chi connectivity index (χ0v) is 9.65. The molecule has 0 radical (unpaired) electrons. The summed E-state index contributed by atoms with van der Waals surface area (Å²) in [7, 11) is 0. The molecule has 88 valence electrons. The van der Waals surface area contributed by atoms with E-state index in [9.17, 15) is 4.79 Å². The summed E-state index contributed by atoms with van der Waals surface area (Å²) in [6.45, 7) is 0. The Morgan fingerprint density at radius 3 is 2.67 bits per heavy atom. The normalized spacial score (nSPS) is 10.7. The average molecular weight is 237 g/mol. The second-order valence-corrected chi connectivity index (χ2v) is 3.99. The van der Waals surface area contributed by atoms with E-state index >= 15 is 0 Å². The summed E-state index contributed by atoms with van der Waals surface area (Å²) in [6, 6.07) is 13.7. The minimum atomic E-state index is 0.358. The van der Waals surface area contributed by atoms with Gasteiger partial charge in [-0.1, -0.05) is 36.4 Å². The SMILES string of the molecule is O=CCc1cccn2c(-c3ccccc3)nnc12. The third-order valence-corrected chi connectivity index (χ3v) is 2.85. The molecule has 18 heavy (non-hydrogen) atoms. The van der Waals surface area contributed by atoms with E-state index in [4.69, 9.17) is 0 Å². The molecule has 0 saturated carbocycles. The molecule has 0 aliphatic rings. The maximum absolute atomic E-state index is 10.6. The Morgan fingerprint density at radius 1 is 1.06 bits per heavy atom. The van der Waals surface area contributed by atoms with Crippen molar-refractivity contribution >= 4 is 11.9 Å². The molecule has 0 atom stereocenters. The maximum Gasteiger partial charge on any atom is 0.168 e. The van der Waals surface area contributed by atoms with E-state index in [1.807, 2.05) is 53.1 Å². The van der Waals surface area contributed by atoms with E-state index in [-0.39, 0.29) is 0 Å². The molecule has 2 heterocycles. The Hall–Kier alpha value is -2.49. The molecule has 0 aliphatic heterocycles. The maximum atomic E-state index is 10.6. The van der Waals surface area contributed by atoms with Gasteiger partial charge in [0.1, 0.15) is 6.29 Å². The van der Waals surface area contributed by atoms with E-state index in [2.05, 4.69) is 10.2 Å². The summed E-state index contributed by atoms with van der Waals surface area (Å²) in [5.74, 6) is 0.790. The third-order valence-electron chi connectivity index (χ3n) is 2.85. The van der Waals surface area contributed by atoms with Crippen molar-refractivity contribution in [1.82, 2.24) is 14.6 Å². The van der Waals surface area contributed by atoms with Gasteiger partial charge in [0, 0.05) is 23.7 Å². The van der Waals surface area contributed by atoms with Crippen LogP contribution >= 0.6 is 0 Å². The minimum Gasteiger partial charge on any atom is -0.303 e. The molecule has 4 nitrogen and oxygen atoms in total. The van der Waals surface area contributed by atoms with Gasteiger partial charge in [0.2, 0.25) is 0 Å². The summed E-state index contributed by atoms with van der Waals surface area (Å²) >= 11 is 0. The van der Waals surface area contributed by atoms with Crippen LogP contribution in [0.2, 0.25) is 0 Å². The molecule has 0 bridgehead atoms. The van der Waals surface area contributed by atoms with Crippen LogP contribution in [0.3, 0.4) is 0 Å². The Kier molecular flexibility index (Phi) is 2.61. The number of aldehydes is 1. The molecule has 3 rings (SSSR count). The number of nitrogens with zero attached hydrogens (tertiary/aromatic N) is 3. The molecule has 3 aromatic rings. The first-order valence-corrected chi connectivity index (χ1v) is 5.72. The van der Waals surface area contributed by atoms with Crippen LogP contribution < -0.4 is 0 Å². The number of hydrogen-bond donors (Lipinski definition) is 0. The zero-order valence-electron chi connectivity index (χ0n) is 9.65. The second kappa shape index (κ2) is 4.41. The first kappa shape index (κ1) is 10.7. The van der Waals surface area contributed by atoms with Gasteiger partial charge < -0.3 is 4.79 Å². The van der Waals surface area contributed by atoms with Crippen molar-refractivity contribution in [2.75, 3.05) is 0 Å². The van der Waals surface area contributed by atoms with E-state index < -0.39 is 0 Å². The minimum absolute atomic E-state index is 0.358. The van der Waals surface area contributed by atoms with E-state index in [1.54, 1.807) is 0 Å². The molecule has 0 saturated heterocycles. The molecule has 0 N–H and O–H groups in total. The van der Waals surface area contributed by atoms with Crippen molar-refractivity contribution in [1.29, 1.82) is 0 Å². The molecule has 0 unspecified atom stereocenters. The molecule has 4 heteroatoms. The average Bonchev–Trinajstić information content (AvgIpc) is 2.85. The lowest BCUT2D eigenvalue weighted by atomic mass is 10.2. The fraction of sp³-hybridized carbons (Fsp3) is 0.0714. The van der Waals surface area contributed by atoms with Crippen molar-refractivity contribution in [2.24, 2.45) is 0 Å². The number of fused-ring (bicyclic) bond motifs is 1. The first-order chi connectivity index (χ1) is 8.90. The third kappa shape index (κ3) is 1.68. The van der Waals surface area contributed by atoms with E-state index in [0.29, 0.717) is 6.42 Å². The highest BCUT2D eigenvalue weighted by Crippen LogP contribution is 2.19. The van der Waals surface area contributed by atoms with Crippen LogP contribution in [-0.2, 0) is 11.2 Å². The predicted octanol–water partition coefficient (Wildman–Crippen LogP) is 2.14. The highest BCUT2D eigenvalue weighted by molar-refractivity contribution is 5.65. The molecule has 0 spiro atoms. The van der Waals surface area contributed by atoms with Crippen molar-refractivity contribution < 1.29 is 4.79 Å². The Bertz CT molecular complexity index is 689. The topological polar surface area (TPSA) is 47.3 Å². The van der Waals surface area contributed by atoms with Gasteiger partial charge in [-0.2, -0.15) is 0 Å². The number of rotatable bonds is 3. The van der Waals surface area contributed by atoms with Gasteiger partial charge in [-0.15, -0.1) is 10.2 Å². The van der Waals surface area contributed by atoms with Crippen molar-refractivity contribution in [3.05, 3.63) is 54.2 Å². The van der Waals surface area contributed by atoms with E-state index in [0.717, 1.165) is 28.9 Å². The van der Waals surface area contributed by atoms with Gasteiger partial charge in [0.15, 0.2) is 11.5 Å². The lowest BCUT2D eigenvalue weighted by molar-refractivity contribution is -0.107. The zero-order chi connectivity index (χ0) is 12.4. The van der Waals surface area contributed by atoms with Crippen LogP contribution in [0.1, 0.15) is 5.56 Å². The van der Waals surface area contributed by atoms with Crippen LogP contribution in [-0.4, -0.2) is 20.9 Å². The Balaban J connectivity index is 2.21. The number of carbonyl (C=O) groups excluding carboxylic acids is 1. The van der Waals surface area contributed by atoms with Gasteiger partial charge in [0.05, 0.1) is 0 Å². The molecular weight excluding hydrogens is 226 g/mol. The highest BCUT2D eigenvalue weighted by Gasteiger charge is 2.09. The van der Waals surface area contributed by atoms with Crippen LogP contribution in [0.4, 0.5) is 0 Å². The van der Waals surface area contributed by atoms with Crippen molar-refractivity contribution in [3.8, 4) is 11.4 Å². The molecular formula is C14H11N3O. The van der Waals surface area contributed by atoms with Crippen molar-refractivity contribution in [2.45, 2.75) is 6.42 Å². The summed E-state index contributed by atoms with van der Waals surface area (Å²) < 4.78 is 1.91. The van der Waals surface area contributed by atoms with Gasteiger partial charge in [-0.25, -0.2) is 0 Å². The predicted molar refractivity (Wildman–Crippen MR) is 68.2 cm³/mol. The van der Waals surface area contributed by atoms with Gasteiger partial charge in [0.25, 0.3) is 0 Å². The van der Waals surface area contributed by atoms with Crippen LogP contribution in [0.15, 0.2) is 48.7 Å².